The van der Waals surface area contributed by atoms with E-state index in [1.54, 1.807) is 78.9 Å². The number of rotatable bonds is 8. The molecule has 0 unspecified atom stereocenters. The molecule has 0 fully saturated rings. The van der Waals surface area contributed by atoms with Gasteiger partial charge < -0.3 is 10.6 Å². The quantitative estimate of drug-likeness (QED) is 0.182. The van der Waals surface area contributed by atoms with Crippen LogP contribution >= 0.6 is 23.2 Å². The molecule has 0 saturated heterocycles. The van der Waals surface area contributed by atoms with Crippen molar-refractivity contribution in [3.63, 3.8) is 0 Å². The van der Waals surface area contributed by atoms with Crippen LogP contribution < -0.4 is 10.6 Å². The van der Waals surface area contributed by atoms with Gasteiger partial charge in [-0.05, 0) is 71.8 Å². The Morgan fingerprint density at radius 1 is 0.711 bits per heavy atom. The maximum absolute atomic E-state index is 13.2. The predicted octanol–water partition coefficient (Wildman–Crippen LogP) is 7.30. The first kappa shape index (κ1) is 26.6. The van der Waals surface area contributed by atoms with Crippen molar-refractivity contribution in [2.75, 3.05) is 5.32 Å². The fraction of sp³-hybridized carbons (Fsp3) is 0. The molecule has 0 aliphatic rings. The second kappa shape index (κ2) is 12.7. The van der Waals surface area contributed by atoms with Gasteiger partial charge in [-0.15, -0.1) is 0 Å². The van der Waals surface area contributed by atoms with Gasteiger partial charge >= 0.3 is 0 Å². The van der Waals surface area contributed by atoms with Crippen LogP contribution in [0, 0.1) is 0 Å². The van der Waals surface area contributed by atoms with E-state index < -0.39 is 11.8 Å². The fourth-order valence-corrected chi connectivity index (χ4v) is 3.93. The third-order valence-electron chi connectivity index (χ3n) is 5.45. The number of anilines is 1. The fourth-order valence-electron chi connectivity index (χ4n) is 3.47. The highest BCUT2D eigenvalue weighted by molar-refractivity contribution is 6.35. The molecule has 5 nitrogen and oxygen atoms in total. The van der Waals surface area contributed by atoms with Gasteiger partial charge in [0.05, 0.1) is 0 Å². The molecule has 0 spiro atoms. The first-order valence-electron chi connectivity index (χ1n) is 11.6. The zero-order chi connectivity index (χ0) is 26.9. The van der Waals surface area contributed by atoms with Crippen LogP contribution in [0.2, 0.25) is 10.0 Å². The van der Waals surface area contributed by atoms with Crippen LogP contribution in [0.1, 0.15) is 31.8 Å². The van der Waals surface area contributed by atoms with Gasteiger partial charge in [0.2, 0.25) is 0 Å². The molecule has 0 bridgehead atoms. The molecule has 188 valence electrons. The van der Waals surface area contributed by atoms with Crippen molar-refractivity contribution in [2.24, 2.45) is 0 Å². The summed E-state index contributed by atoms with van der Waals surface area (Å²) in [7, 11) is 0. The van der Waals surface area contributed by atoms with E-state index in [0.717, 1.165) is 5.56 Å². The van der Waals surface area contributed by atoms with Crippen LogP contribution in [0.15, 0.2) is 115 Å². The third kappa shape index (κ3) is 7.29. The molecular weight excluding hydrogens is 519 g/mol. The second-order valence-electron chi connectivity index (χ2n) is 8.18. The topological polar surface area (TPSA) is 75.3 Å². The molecule has 2 N–H and O–H groups in total. The normalized spacial score (nSPS) is 11.3. The van der Waals surface area contributed by atoms with E-state index in [2.05, 4.69) is 10.6 Å². The Morgan fingerprint density at radius 3 is 2.03 bits per heavy atom. The number of nitrogens with one attached hydrogen (secondary N) is 2. The first-order chi connectivity index (χ1) is 18.4. The smallest absolute Gasteiger partial charge is 0.272 e. The average molecular weight is 541 g/mol. The van der Waals surface area contributed by atoms with E-state index >= 15 is 0 Å². The van der Waals surface area contributed by atoms with Crippen molar-refractivity contribution in [1.82, 2.24) is 5.32 Å². The van der Waals surface area contributed by atoms with Crippen LogP contribution in [0.3, 0.4) is 0 Å². The third-order valence-corrected chi connectivity index (χ3v) is 6.01. The molecule has 7 heteroatoms. The number of hydrogen-bond acceptors (Lipinski definition) is 3. The van der Waals surface area contributed by atoms with Crippen LogP contribution in [-0.4, -0.2) is 17.6 Å². The van der Waals surface area contributed by atoms with Gasteiger partial charge in [-0.25, -0.2) is 0 Å². The minimum absolute atomic E-state index is 0.0194. The molecule has 0 heterocycles. The monoisotopic (exact) mass is 540 g/mol. The largest absolute Gasteiger partial charge is 0.321 e. The number of allylic oxidation sites excluding steroid dienone is 1. The molecule has 4 aromatic rings. The van der Waals surface area contributed by atoms with Crippen molar-refractivity contribution in [2.45, 2.75) is 0 Å². The summed E-state index contributed by atoms with van der Waals surface area (Å²) in [6, 6.07) is 29.3. The Balaban J connectivity index is 1.52. The number of halogens is 2. The number of amides is 2. The summed E-state index contributed by atoms with van der Waals surface area (Å²) in [6.07, 6.45) is 4.71. The van der Waals surface area contributed by atoms with Gasteiger partial charge in [-0.2, -0.15) is 0 Å². The van der Waals surface area contributed by atoms with Crippen molar-refractivity contribution >= 4 is 58.6 Å². The number of carbonyl (C=O) groups excluding carboxylic acids is 3. The van der Waals surface area contributed by atoms with Crippen molar-refractivity contribution < 1.29 is 14.4 Å². The van der Waals surface area contributed by atoms with Crippen LogP contribution in [0.5, 0.6) is 0 Å². The van der Waals surface area contributed by atoms with Crippen LogP contribution in [0.4, 0.5) is 5.69 Å². The Kier molecular flexibility index (Phi) is 8.88. The highest BCUT2D eigenvalue weighted by atomic mass is 35.5. The first-order valence-corrected chi connectivity index (χ1v) is 12.4. The minimum atomic E-state index is -0.566. The standard InChI is InChI=1S/C31H22Cl2N2O3/c32-25-15-12-24(27(33)20-25)19-28(35-30(37)23-9-5-2-6-10-23)31(38)34-26-16-13-22(14-17-26)29(36)18-11-21-7-3-1-4-8-21/h1-20H,(H,34,38)(H,35,37)/b18-11+,28-19-. The number of hydrogen-bond donors (Lipinski definition) is 2. The summed E-state index contributed by atoms with van der Waals surface area (Å²) in [5, 5.41) is 6.18. The summed E-state index contributed by atoms with van der Waals surface area (Å²) in [5.41, 5.74) is 2.70. The van der Waals surface area contributed by atoms with Gasteiger partial charge in [0, 0.05) is 26.9 Å². The Hall–Kier alpha value is -4.45. The lowest BCUT2D eigenvalue weighted by molar-refractivity contribution is -0.113. The molecule has 0 aliphatic heterocycles. The zero-order valence-electron chi connectivity index (χ0n) is 20.0. The summed E-state index contributed by atoms with van der Waals surface area (Å²) in [6.45, 7) is 0. The van der Waals surface area contributed by atoms with Gasteiger partial charge in [-0.1, -0.05) is 83.9 Å². The summed E-state index contributed by atoms with van der Waals surface area (Å²) >= 11 is 12.3. The van der Waals surface area contributed by atoms with E-state index in [-0.39, 0.29) is 11.5 Å². The SMILES string of the molecule is O=C(Nc1ccc(C(=O)/C=C/c2ccccc2)cc1)/C(=C/c1ccc(Cl)cc1Cl)NC(=O)c1ccccc1. The van der Waals surface area contributed by atoms with Gasteiger partial charge in [0.1, 0.15) is 5.70 Å². The Bertz CT molecular complexity index is 1510. The molecule has 0 aliphatic carbocycles. The zero-order valence-corrected chi connectivity index (χ0v) is 21.5. The van der Waals surface area contributed by atoms with Gasteiger partial charge in [-0.3, -0.25) is 14.4 Å². The molecule has 0 radical (unpaired) electrons. The molecule has 0 aromatic heterocycles. The lowest BCUT2D eigenvalue weighted by Crippen LogP contribution is -2.30. The number of ketones is 1. The van der Waals surface area contributed by atoms with Crippen molar-refractivity contribution in [3.05, 3.63) is 147 Å². The van der Waals surface area contributed by atoms with Crippen molar-refractivity contribution in [1.29, 1.82) is 0 Å². The molecule has 0 atom stereocenters. The minimum Gasteiger partial charge on any atom is -0.321 e. The molecule has 4 aromatic carbocycles. The molecule has 38 heavy (non-hydrogen) atoms. The number of carbonyl (C=O) groups is 3. The Labute approximate surface area is 230 Å². The molecule has 0 saturated carbocycles. The average Bonchev–Trinajstić information content (AvgIpc) is 2.94. The highest BCUT2D eigenvalue weighted by Crippen LogP contribution is 2.23. The van der Waals surface area contributed by atoms with Crippen LogP contribution in [0.25, 0.3) is 12.2 Å². The van der Waals surface area contributed by atoms with Gasteiger partial charge in [0.15, 0.2) is 5.78 Å². The lowest BCUT2D eigenvalue weighted by Gasteiger charge is -2.12. The second-order valence-corrected chi connectivity index (χ2v) is 9.03. The van der Waals surface area contributed by atoms with E-state index in [0.29, 0.717) is 32.4 Å². The molecule has 4 rings (SSSR count). The van der Waals surface area contributed by atoms with E-state index in [4.69, 9.17) is 23.2 Å². The summed E-state index contributed by atoms with van der Waals surface area (Å²) in [4.78, 5) is 38.5. The summed E-state index contributed by atoms with van der Waals surface area (Å²) in [5.74, 6) is -1.19. The number of benzene rings is 4. The van der Waals surface area contributed by atoms with E-state index in [1.165, 1.54) is 12.2 Å². The summed E-state index contributed by atoms with van der Waals surface area (Å²) < 4.78 is 0. The maximum Gasteiger partial charge on any atom is 0.272 e. The van der Waals surface area contributed by atoms with Crippen molar-refractivity contribution in [3.8, 4) is 0 Å². The van der Waals surface area contributed by atoms with E-state index in [9.17, 15) is 14.4 Å². The Morgan fingerprint density at radius 2 is 1.37 bits per heavy atom. The van der Waals surface area contributed by atoms with Crippen LogP contribution in [-0.2, 0) is 4.79 Å². The molecule has 2 amide bonds. The molecular formula is C31H22Cl2N2O3. The van der Waals surface area contributed by atoms with Gasteiger partial charge in [0.25, 0.3) is 11.8 Å². The predicted molar refractivity (Wildman–Crippen MR) is 153 cm³/mol. The van der Waals surface area contributed by atoms with E-state index in [1.807, 2.05) is 30.3 Å². The maximum atomic E-state index is 13.2. The lowest BCUT2D eigenvalue weighted by atomic mass is 10.1. The highest BCUT2D eigenvalue weighted by Gasteiger charge is 2.16.